The van der Waals surface area contributed by atoms with Gasteiger partial charge < -0.3 is 19.8 Å². The van der Waals surface area contributed by atoms with E-state index in [0.29, 0.717) is 18.0 Å². The summed E-state index contributed by atoms with van der Waals surface area (Å²) >= 11 is 2.06. The van der Waals surface area contributed by atoms with E-state index in [4.69, 9.17) is 9.15 Å². The molecule has 2 heterocycles. The van der Waals surface area contributed by atoms with Crippen molar-refractivity contribution in [1.82, 2.24) is 10.6 Å². The van der Waals surface area contributed by atoms with Gasteiger partial charge >= 0.3 is 0 Å². The fourth-order valence-electron chi connectivity index (χ4n) is 2.42. The third-order valence-electron chi connectivity index (χ3n) is 3.74. The average molecular weight is 325 g/mol. The molecule has 5 nitrogen and oxygen atoms in total. The molecule has 1 fully saturated rings. The first kappa shape index (κ1) is 17.2. The number of ether oxygens (including phenoxy) is 1. The maximum atomic E-state index is 5.55. The Morgan fingerprint density at radius 1 is 1.50 bits per heavy atom. The van der Waals surface area contributed by atoms with Crippen molar-refractivity contribution in [1.29, 1.82) is 0 Å². The molecule has 0 saturated carbocycles. The number of thioether (sulfide) groups is 1. The second-order valence-electron chi connectivity index (χ2n) is 5.74. The van der Waals surface area contributed by atoms with Crippen LogP contribution in [-0.2, 0) is 11.3 Å². The zero-order valence-electron chi connectivity index (χ0n) is 13.6. The van der Waals surface area contributed by atoms with Gasteiger partial charge in [0.25, 0.3) is 0 Å². The lowest BCUT2D eigenvalue weighted by Crippen LogP contribution is -2.44. The number of guanidine groups is 1. The highest BCUT2D eigenvalue weighted by Gasteiger charge is 2.29. The lowest BCUT2D eigenvalue weighted by Gasteiger charge is -2.24. The Bertz CT molecular complexity index is 442. The van der Waals surface area contributed by atoms with E-state index in [1.165, 1.54) is 18.6 Å². The van der Waals surface area contributed by atoms with E-state index in [2.05, 4.69) is 34.3 Å². The minimum Gasteiger partial charge on any atom is -0.467 e. The molecule has 1 atom stereocenters. The van der Waals surface area contributed by atoms with E-state index < -0.39 is 0 Å². The molecule has 0 bridgehead atoms. The molecule has 1 aliphatic rings. The van der Waals surface area contributed by atoms with Crippen LogP contribution < -0.4 is 10.6 Å². The molecule has 2 rings (SSSR count). The Labute approximate surface area is 137 Å². The second kappa shape index (κ2) is 9.10. The van der Waals surface area contributed by atoms with Gasteiger partial charge in [-0.15, -0.1) is 0 Å². The molecule has 0 aliphatic carbocycles. The van der Waals surface area contributed by atoms with Crippen LogP contribution >= 0.6 is 11.8 Å². The van der Waals surface area contributed by atoms with Gasteiger partial charge in [0.2, 0.25) is 0 Å². The van der Waals surface area contributed by atoms with E-state index >= 15 is 0 Å². The van der Waals surface area contributed by atoms with E-state index in [1.807, 2.05) is 19.2 Å². The molecule has 0 spiro atoms. The fraction of sp³-hybridized carbons (Fsp3) is 0.688. The fourth-order valence-corrected chi connectivity index (χ4v) is 3.66. The Morgan fingerprint density at radius 2 is 2.41 bits per heavy atom. The Morgan fingerprint density at radius 3 is 3.09 bits per heavy atom. The topological polar surface area (TPSA) is 58.8 Å². The number of furan rings is 1. The molecule has 2 N–H and O–H groups in total. The molecule has 1 aliphatic heterocycles. The number of rotatable bonds is 8. The molecule has 124 valence electrons. The molecule has 6 heteroatoms. The van der Waals surface area contributed by atoms with E-state index in [1.54, 1.807) is 6.26 Å². The van der Waals surface area contributed by atoms with Gasteiger partial charge in [0.15, 0.2) is 5.96 Å². The highest BCUT2D eigenvalue weighted by atomic mass is 32.2. The highest BCUT2D eigenvalue weighted by molar-refractivity contribution is 8.00. The zero-order chi connectivity index (χ0) is 15.7. The van der Waals surface area contributed by atoms with Crippen LogP contribution in [0.25, 0.3) is 0 Å². The standard InChI is InChI=1S/C16H27N3O2S/c1-16(7-4-11-22-16)13-19-15(17-2)18-8-5-9-20-12-14-6-3-10-21-14/h3,6,10H,4-5,7-9,11-13H2,1-2H3,(H2,17,18,19). The minimum atomic E-state index is 0.351. The van der Waals surface area contributed by atoms with Crippen molar-refractivity contribution in [3.8, 4) is 0 Å². The Balaban J connectivity index is 1.52. The largest absolute Gasteiger partial charge is 0.467 e. The molecule has 1 aromatic heterocycles. The third kappa shape index (κ3) is 5.93. The molecule has 22 heavy (non-hydrogen) atoms. The van der Waals surface area contributed by atoms with Crippen LogP contribution in [0.1, 0.15) is 31.9 Å². The van der Waals surface area contributed by atoms with Crippen molar-refractivity contribution in [2.75, 3.05) is 32.5 Å². The number of hydrogen-bond donors (Lipinski definition) is 2. The van der Waals surface area contributed by atoms with E-state index in [-0.39, 0.29) is 0 Å². The molecule has 0 radical (unpaired) electrons. The van der Waals surface area contributed by atoms with Gasteiger partial charge in [-0.1, -0.05) is 0 Å². The summed E-state index contributed by atoms with van der Waals surface area (Å²) in [6.07, 6.45) is 5.20. The van der Waals surface area contributed by atoms with Crippen LogP contribution in [0.2, 0.25) is 0 Å². The van der Waals surface area contributed by atoms with Crippen LogP contribution in [0.5, 0.6) is 0 Å². The van der Waals surface area contributed by atoms with Crippen LogP contribution in [0.3, 0.4) is 0 Å². The van der Waals surface area contributed by atoms with E-state index in [0.717, 1.165) is 31.2 Å². The second-order valence-corrected chi connectivity index (χ2v) is 7.42. The van der Waals surface area contributed by atoms with Gasteiger partial charge in [0.1, 0.15) is 12.4 Å². The van der Waals surface area contributed by atoms with Crippen molar-refractivity contribution in [2.24, 2.45) is 4.99 Å². The smallest absolute Gasteiger partial charge is 0.191 e. The van der Waals surface area contributed by atoms with Crippen LogP contribution in [0.15, 0.2) is 27.8 Å². The lowest BCUT2D eigenvalue weighted by atomic mass is 10.1. The predicted molar refractivity (Wildman–Crippen MR) is 92.4 cm³/mol. The molecular formula is C16H27N3O2S. The van der Waals surface area contributed by atoms with Gasteiger partial charge in [-0.05, 0) is 44.1 Å². The summed E-state index contributed by atoms with van der Waals surface area (Å²) in [4.78, 5) is 4.27. The van der Waals surface area contributed by atoms with Gasteiger partial charge in [0, 0.05) is 31.5 Å². The predicted octanol–water partition coefficient (Wildman–Crippen LogP) is 2.64. The van der Waals surface area contributed by atoms with Crippen molar-refractivity contribution in [2.45, 2.75) is 37.5 Å². The van der Waals surface area contributed by atoms with Gasteiger partial charge in [-0.2, -0.15) is 11.8 Å². The first-order valence-corrected chi connectivity index (χ1v) is 8.89. The molecule has 0 amide bonds. The summed E-state index contributed by atoms with van der Waals surface area (Å²) in [7, 11) is 1.81. The van der Waals surface area contributed by atoms with Gasteiger partial charge in [-0.25, -0.2) is 0 Å². The van der Waals surface area contributed by atoms with Gasteiger partial charge in [-0.3, -0.25) is 4.99 Å². The molecule has 1 aromatic rings. The average Bonchev–Trinajstić information content (AvgIpc) is 3.18. The zero-order valence-corrected chi connectivity index (χ0v) is 14.4. The summed E-state index contributed by atoms with van der Waals surface area (Å²) < 4.78 is 11.1. The molecule has 0 aromatic carbocycles. The van der Waals surface area contributed by atoms with Crippen molar-refractivity contribution in [3.63, 3.8) is 0 Å². The summed E-state index contributed by atoms with van der Waals surface area (Å²) in [6.45, 7) is 5.38. The van der Waals surface area contributed by atoms with Gasteiger partial charge in [0.05, 0.1) is 6.26 Å². The Kier molecular flexibility index (Phi) is 7.12. The third-order valence-corrected chi connectivity index (χ3v) is 5.27. The highest BCUT2D eigenvalue weighted by Crippen LogP contribution is 2.36. The first-order chi connectivity index (χ1) is 10.7. The summed E-state index contributed by atoms with van der Waals surface area (Å²) in [5.74, 6) is 3.02. The summed E-state index contributed by atoms with van der Waals surface area (Å²) in [6, 6.07) is 3.80. The van der Waals surface area contributed by atoms with Crippen molar-refractivity contribution in [3.05, 3.63) is 24.2 Å². The summed E-state index contributed by atoms with van der Waals surface area (Å²) in [5, 5.41) is 6.76. The number of hydrogen-bond acceptors (Lipinski definition) is 4. The number of nitrogens with one attached hydrogen (secondary N) is 2. The maximum Gasteiger partial charge on any atom is 0.191 e. The molecular weight excluding hydrogens is 298 g/mol. The molecule has 1 unspecified atom stereocenters. The van der Waals surface area contributed by atoms with Crippen molar-refractivity contribution >= 4 is 17.7 Å². The maximum absolute atomic E-state index is 5.55. The monoisotopic (exact) mass is 325 g/mol. The van der Waals surface area contributed by atoms with Crippen LogP contribution in [0, 0.1) is 0 Å². The normalized spacial score (nSPS) is 22.0. The first-order valence-electron chi connectivity index (χ1n) is 7.90. The number of nitrogens with zero attached hydrogens (tertiary/aromatic N) is 1. The van der Waals surface area contributed by atoms with Crippen LogP contribution in [-0.4, -0.2) is 43.2 Å². The lowest BCUT2D eigenvalue weighted by molar-refractivity contribution is 0.105. The van der Waals surface area contributed by atoms with Crippen LogP contribution in [0.4, 0.5) is 0 Å². The number of aliphatic imine (C=N–C) groups is 1. The van der Waals surface area contributed by atoms with Crippen molar-refractivity contribution < 1.29 is 9.15 Å². The van der Waals surface area contributed by atoms with E-state index in [9.17, 15) is 0 Å². The SMILES string of the molecule is CN=C(NCCCOCc1ccco1)NCC1(C)CCCS1. The minimum absolute atomic E-state index is 0.351. The Hall–Kier alpha value is -1.14. The summed E-state index contributed by atoms with van der Waals surface area (Å²) in [5.41, 5.74) is 0. The molecule has 1 saturated heterocycles. The quantitative estimate of drug-likeness (QED) is 0.437.